The first-order valence-corrected chi connectivity index (χ1v) is 7.61. The Bertz CT molecular complexity index is 640. The zero-order valence-electron chi connectivity index (χ0n) is 11.6. The first kappa shape index (κ1) is 14.5. The largest absolute Gasteiger partial charge is 0.454 e. The lowest BCUT2D eigenvalue weighted by Gasteiger charge is -2.27. The third-order valence-corrected chi connectivity index (χ3v) is 4.23. The van der Waals surface area contributed by atoms with Gasteiger partial charge in [0.15, 0.2) is 5.75 Å². The first-order valence-electron chi connectivity index (χ1n) is 6.86. The molecule has 21 heavy (non-hydrogen) atoms. The number of anilines is 1. The van der Waals surface area contributed by atoms with Gasteiger partial charge in [-0.25, -0.2) is 0 Å². The average molecular weight is 323 g/mol. The second-order valence-electron chi connectivity index (χ2n) is 4.96. The normalized spacial score (nSPS) is 17.0. The number of hydrogen-bond acceptors (Lipinski definition) is 3. The van der Waals surface area contributed by atoms with Gasteiger partial charge in [-0.05, 0) is 49.4 Å². The van der Waals surface area contributed by atoms with Crippen molar-refractivity contribution in [3.63, 3.8) is 0 Å². The van der Waals surface area contributed by atoms with Crippen molar-refractivity contribution in [1.82, 2.24) is 5.32 Å². The molecule has 110 valence electrons. The van der Waals surface area contributed by atoms with E-state index < -0.39 is 0 Å². The van der Waals surface area contributed by atoms with Crippen molar-refractivity contribution in [2.24, 2.45) is 0 Å². The topological polar surface area (TPSA) is 33.3 Å². The van der Waals surface area contributed by atoms with Crippen LogP contribution in [0.15, 0.2) is 36.4 Å². The van der Waals surface area contributed by atoms with E-state index in [1.807, 2.05) is 25.2 Å². The monoisotopic (exact) mass is 322 g/mol. The highest BCUT2D eigenvalue weighted by Gasteiger charge is 2.19. The summed E-state index contributed by atoms with van der Waals surface area (Å²) in [6, 6.07) is 11.6. The minimum absolute atomic E-state index is 0.325. The Labute approximate surface area is 134 Å². The Balaban J connectivity index is 1.94. The van der Waals surface area contributed by atoms with Gasteiger partial charge in [0.2, 0.25) is 0 Å². The predicted octanol–water partition coefficient (Wildman–Crippen LogP) is 4.86. The summed E-state index contributed by atoms with van der Waals surface area (Å²) in [4.78, 5) is 0. The van der Waals surface area contributed by atoms with E-state index in [9.17, 15) is 0 Å². The van der Waals surface area contributed by atoms with Gasteiger partial charge in [-0.3, -0.25) is 0 Å². The summed E-state index contributed by atoms with van der Waals surface area (Å²) in [6.45, 7) is 0.967. The van der Waals surface area contributed by atoms with Gasteiger partial charge in [-0.2, -0.15) is 0 Å². The van der Waals surface area contributed by atoms with E-state index >= 15 is 0 Å². The average Bonchev–Trinajstić information content (AvgIpc) is 2.50. The molecule has 1 atom stereocenters. The van der Waals surface area contributed by atoms with Crippen molar-refractivity contribution in [3.05, 3.63) is 52.0 Å². The minimum Gasteiger partial charge on any atom is -0.454 e. The van der Waals surface area contributed by atoms with Crippen molar-refractivity contribution < 1.29 is 4.74 Å². The molecule has 0 bridgehead atoms. The Morgan fingerprint density at radius 1 is 1.19 bits per heavy atom. The molecule has 0 amide bonds. The summed E-state index contributed by atoms with van der Waals surface area (Å²) in [5.74, 6) is 1.22. The number of nitrogens with one attached hydrogen (secondary N) is 2. The van der Waals surface area contributed by atoms with Crippen LogP contribution in [0.3, 0.4) is 0 Å². The lowest BCUT2D eigenvalue weighted by Crippen LogP contribution is -2.25. The molecule has 1 aliphatic rings. The Morgan fingerprint density at radius 3 is 2.67 bits per heavy atom. The molecule has 1 heterocycles. The fourth-order valence-corrected chi connectivity index (χ4v) is 3.03. The number of rotatable bonds is 3. The third-order valence-electron chi connectivity index (χ3n) is 3.63. The molecular formula is C16H16Cl2N2O. The molecule has 3 rings (SSSR count). The molecular weight excluding hydrogens is 307 g/mol. The molecule has 0 aliphatic carbocycles. The van der Waals surface area contributed by atoms with E-state index in [2.05, 4.69) is 10.6 Å². The highest BCUT2D eigenvalue weighted by Crippen LogP contribution is 2.38. The molecule has 1 unspecified atom stereocenters. The molecule has 2 aromatic carbocycles. The van der Waals surface area contributed by atoms with Gasteiger partial charge in [0, 0.05) is 18.3 Å². The number of ether oxygens (including phenoxy) is 1. The molecule has 0 aromatic heterocycles. The van der Waals surface area contributed by atoms with Crippen LogP contribution in [0.2, 0.25) is 10.0 Å². The summed E-state index contributed by atoms with van der Waals surface area (Å²) in [6.07, 6.45) is 1.04. The van der Waals surface area contributed by atoms with Crippen molar-refractivity contribution >= 4 is 28.9 Å². The van der Waals surface area contributed by atoms with E-state index in [0.717, 1.165) is 24.4 Å². The highest BCUT2D eigenvalue weighted by molar-refractivity contribution is 6.37. The van der Waals surface area contributed by atoms with Gasteiger partial charge in [0.1, 0.15) is 5.75 Å². The smallest absolute Gasteiger partial charge is 0.164 e. The fourth-order valence-electron chi connectivity index (χ4n) is 2.56. The van der Waals surface area contributed by atoms with Crippen LogP contribution in [0.1, 0.15) is 18.0 Å². The van der Waals surface area contributed by atoms with E-state index in [-0.39, 0.29) is 0 Å². The molecule has 0 fully saturated rings. The molecule has 0 saturated carbocycles. The Morgan fingerprint density at radius 2 is 1.95 bits per heavy atom. The number of hydrogen-bond donors (Lipinski definition) is 2. The maximum Gasteiger partial charge on any atom is 0.164 e. The summed E-state index contributed by atoms with van der Waals surface area (Å²) in [5, 5.41) is 7.73. The van der Waals surface area contributed by atoms with Gasteiger partial charge >= 0.3 is 0 Å². The van der Waals surface area contributed by atoms with Crippen molar-refractivity contribution in [2.75, 3.05) is 18.9 Å². The van der Waals surface area contributed by atoms with Crippen molar-refractivity contribution in [3.8, 4) is 11.5 Å². The summed E-state index contributed by atoms with van der Waals surface area (Å²) >= 11 is 12.3. The van der Waals surface area contributed by atoms with Crippen molar-refractivity contribution in [2.45, 2.75) is 12.5 Å². The van der Waals surface area contributed by atoms with E-state index in [0.29, 0.717) is 21.8 Å². The molecule has 3 nitrogen and oxygen atoms in total. The molecule has 2 aromatic rings. The van der Waals surface area contributed by atoms with Crippen LogP contribution in [0, 0.1) is 0 Å². The molecule has 0 radical (unpaired) electrons. The summed E-state index contributed by atoms with van der Waals surface area (Å²) < 4.78 is 5.88. The lowest BCUT2D eigenvalue weighted by atomic mass is 9.98. The van der Waals surface area contributed by atoms with E-state index in [1.54, 1.807) is 18.2 Å². The minimum atomic E-state index is 0.325. The van der Waals surface area contributed by atoms with Crippen LogP contribution < -0.4 is 15.4 Å². The summed E-state index contributed by atoms with van der Waals surface area (Å²) in [5.41, 5.74) is 2.34. The number of halogens is 2. The zero-order chi connectivity index (χ0) is 14.8. The second-order valence-corrected chi connectivity index (χ2v) is 5.77. The maximum absolute atomic E-state index is 6.14. The quantitative estimate of drug-likeness (QED) is 0.846. The number of benzene rings is 2. The maximum atomic E-state index is 6.14. The third kappa shape index (κ3) is 2.95. The highest BCUT2D eigenvalue weighted by atomic mass is 35.5. The molecule has 1 aliphatic heterocycles. The van der Waals surface area contributed by atoms with Crippen LogP contribution in [-0.4, -0.2) is 13.6 Å². The SMILES string of the molecule is CNC1CCNc2ccc(Oc3c(Cl)cccc3Cl)cc21. The molecule has 0 saturated heterocycles. The van der Waals surface area contributed by atoms with E-state index in [1.165, 1.54) is 5.56 Å². The Kier molecular flexibility index (Phi) is 4.24. The van der Waals surface area contributed by atoms with Crippen LogP contribution in [0.25, 0.3) is 0 Å². The van der Waals surface area contributed by atoms with E-state index in [4.69, 9.17) is 27.9 Å². The van der Waals surface area contributed by atoms with Crippen molar-refractivity contribution in [1.29, 1.82) is 0 Å². The Hall–Kier alpha value is -1.42. The van der Waals surface area contributed by atoms with Crippen LogP contribution >= 0.6 is 23.2 Å². The standard InChI is InChI=1S/C16H16Cl2N2O/c1-19-14-7-8-20-15-6-5-10(9-11(14)15)21-16-12(17)3-2-4-13(16)18/h2-6,9,14,19-20H,7-8H2,1H3. The fraction of sp³-hybridized carbons (Fsp3) is 0.250. The van der Waals surface area contributed by atoms with Gasteiger partial charge in [0.25, 0.3) is 0 Å². The zero-order valence-corrected chi connectivity index (χ0v) is 13.1. The molecule has 0 spiro atoms. The van der Waals surface area contributed by atoms with Gasteiger partial charge < -0.3 is 15.4 Å². The predicted molar refractivity (Wildman–Crippen MR) is 87.9 cm³/mol. The van der Waals surface area contributed by atoms with Gasteiger partial charge in [-0.1, -0.05) is 29.3 Å². The number of fused-ring (bicyclic) bond motifs is 1. The number of para-hydroxylation sites is 1. The second kappa shape index (κ2) is 6.14. The van der Waals surface area contributed by atoms with Gasteiger partial charge in [0.05, 0.1) is 10.0 Å². The first-order chi connectivity index (χ1) is 10.2. The van der Waals surface area contributed by atoms with Crippen LogP contribution in [0.4, 0.5) is 5.69 Å². The summed E-state index contributed by atoms with van der Waals surface area (Å²) in [7, 11) is 1.97. The van der Waals surface area contributed by atoms with Gasteiger partial charge in [-0.15, -0.1) is 0 Å². The molecule has 2 N–H and O–H groups in total. The molecule has 5 heteroatoms. The van der Waals surface area contributed by atoms with Crippen LogP contribution in [0.5, 0.6) is 11.5 Å². The lowest BCUT2D eigenvalue weighted by molar-refractivity contribution is 0.478. The van der Waals surface area contributed by atoms with Crippen LogP contribution in [-0.2, 0) is 0 Å².